The third-order valence-electron chi connectivity index (χ3n) is 2.14. The van der Waals surface area contributed by atoms with E-state index in [4.69, 9.17) is 5.11 Å². The van der Waals surface area contributed by atoms with Crippen LogP contribution in [0, 0.1) is 17.5 Å². The summed E-state index contributed by atoms with van der Waals surface area (Å²) in [6.07, 6.45) is -4.26. The van der Waals surface area contributed by atoms with Crippen molar-refractivity contribution in [2.24, 2.45) is 0 Å². The van der Waals surface area contributed by atoms with Gasteiger partial charge in [0.25, 0.3) is 0 Å². The van der Waals surface area contributed by atoms with E-state index in [1.54, 1.807) is 0 Å². The Morgan fingerprint density at radius 3 is 2.12 bits per heavy atom. The maximum Gasteiger partial charge on any atom is 0.304 e. The van der Waals surface area contributed by atoms with Crippen molar-refractivity contribution in [1.82, 2.24) is 0 Å². The van der Waals surface area contributed by atoms with Crippen LogP contribution in [-0.2, 0) is 4.79 Å². The van der Waals surface area contributed by atoms with Crippen LogP contribution < -0.4 is 0 Å². The Labute approximate surface area is 92.7 Å². The summed E-state index contributed by atoms with van der Waals surface area (Å²) in [6, 6.07) is 0.367. The van der Waals surface area contributed by atoms with Crippen molar-refractivity contribution in [1.29, 1.82) is 0 Å². The number of carboxylic acid groups (broad SMARTS) is 1. The first-order valence-electron chi connectivity index (χ1n) is 4.47. The van der Waals surface area contributed by atoms with E-state index in [9.17, 15) is 26.7 Å². The van der Waals surface area contributed by atoms with Gasteiger partial charge in [-0.15, -0.1) is 0 Å². The normalized spacial score (nSPS) is 12.8. The Balaban J connectivity index is 3.18. The smallest absolute Gasteiger partial charge is 0.304 e. The summed E-state index contributed by atoms with van der Waals surface area (Å²) in [4.78, 5) is 10.3. The van der Waals surface area contributed by atoms with E-state index in [1.807, 2.05) is 0 Å². The number of hydrogen-bond donors (Lipinski definition) is 1. The van der Waals surface area contributed by atoms with Crippen LogP contribution in [0.3, 0.4) is 0 Å². The van der Waals surface area contributed by atoms with Crippen molar-refractivity contribution in [3.8, 4) is 0 Å². The second-order valence-corrected chi connectivity index (χ2v) is 3.33. The molecular weight excluding hydrogens is 247 g/mol. The van der Waals surface area contributed by atoms with Gasteiger partial charge in [0, 0.05) is 11.6 Å². The molecule has 0 aromatic heterocycles. The van der Waals surface area contributed by atoms with Crippen molar-refractivity contribution in [3.05, 3.63) is 35.1 Å². The van der Waals surface area contributed by atoms with E-state index in [0.717, 1.165) is 0 Å². The largest absolute Gasteiger partial charge is 0.481 e. The summed E-state index contributed by atoms with van der Waals surface area (Å²) in [7, 11) is 0. The minimum Gasteiger partial charge on any atom is -0.481 e. The highest BCUT2D eigenvalue weighted by atomic mass is 19.3. The molecule has 1 rings (SSSR count). The minimum absolute atomic E-state index is 0.113. The lowest BCUT2D eigenvalue weighted by Crippen LogP contribution is -2.16. The second kappa shape index (κ2) is 5.11. The van der Waals surface area contributed by atoms with E-state index in [0.29, 0.717) is 0 Å². The van der Waals surface area contributed by atoms with Crippen LogP contribution in [0.15, 0.2) is 12.1 Å². The maximum atomic E-state index is 13.2. The number of carboxylic acids is 1. The monoisotopic (exact) mass is 254 g/mol. The molecule has 1 aromatic carbocycles. The summed E-state index contributed by atoms with van der Waals surface area (Å²) in [5.74, 6) is -8.01. The lowest BCUT2D eigenvalue weighted by atomic mass is 9.95. The van der Waals surface area contributed by atoms with E-state index < -0.39 is 47.7 Å². The molecule has 1 atom stereocenters. The van der Waals surface area contributed by atoms with Gasteiger partial charge in [0.15, 0.2) is 11.6 Å². The van der Waals surface area contributed by atoms with Gasteiger partial charge in [0.2, 0.25) is 6.43 Å². The fraction of sp³-hybridized carbons (Fsp3) is 0.300. The summed E-state index contributed by atoms with van der Waals surface area (Å²) >= 11 is 0. The molecule has 0 heterocycles. The maximum absolute atomic E-state index is 13.2. The Bertz CT molecular complexity index is 433. The molecule has 0 saturated carbocycles. The molecule has 0 aliphatic rings. The van der Waals surface area contributed by atoms with Gasteiger partial charge in [0.05, 0.1) is 12.3 Å². The minimum atomic E-state index is -3.19. The number of hydrogen-bond acceptors (Lipinski definition) is 1. The molecule has 0 aliphatic heterocycles. The Kier molecular flexibility index (Phi) is 4.03. The molecular formula is C10H7F5O2. The Morgan fingerprint density at radius 2 is 1.65 bits per heavy atom. The number of carbonyl (C=O) groups is 1. The third kappa shape index (κ3) is 3.15. The van der Waals surface area contributed by atoms with Crippen molar-refractivity contribution in [2.45, 2.75) is 18.8 Å². The zero-order chi connectivity index (χ0) is 13.2. The fourth-order valence-corrected chi connectivity index (χ4v) is 1.35. The summed E-state index contributed by atoms with van der Waals surface area (Å²) < 4.78 is 63.5. The molecule has 0 radical (unpaired) electrons. The number of benzene rings is 1. The average Bonchev–Trinajstić information content (AvgIpc) is 2.20. The van der Waals surface area contributed by atoms with E-state index >= 15 is 0 Å². The van der Waals surface area contributed by atoms with Crippen LogP contribution >= 0.6 is 0 Å². The molecule has 17 heavy (non-hydrogen) atoms. The van der Waals surface area contributed by atoms with Crippen LogP contribution in [0.5, 0.6) is 0 Å². The van der Waals surface area contributed by atoms with Gasteiger partial charge in [-0.25, -0.2) is 22.0 Å². The first-order chi connectivity index (χ1) is 7.82. The third-order valence-corrected chi connectivity index (χ3v) is 2.14. The molecule has 1 aromatic rings. The molecule has 0 saturated heterocycles. The quantitative estimate of drug-likeness (QED) is 0.662. The lowest BCUT2D eigenvalue weighted by molar-refractivity contribution is -0.138. The van der Waals surface area contributed by atoms with E-state index in [2.05, 4.69) is 0 Å². The van der Waals surface area contributed by atoms with Gasteiger partial charge >= 0.3 is 5.97 Å². The SMILES string of the molecule is O=C(O)CC(c1cc(F)c(F)cc1F)C(F)F. The Hall–Kier alpha value is -1.66. The topological polar surface area (TPSA) is 37.3 Å². The van der Waals surface area contributed by atoms with Gasteiger partial charge in [0.1, 0.15) is 5.82 Å². The molecule has 1 unspecified atom stereocenters. The molecule has 1 N–H and O–H groups in total. The predicted octanol–water partition coefficient (Wildman–Crippen LogP) is 2.93. The number of alkyl halides is 2. The summed E-state index contributed by atoms with van der Waals surface area (Å²) in [5, 5.41) is 8.39. The number of rotatable bonds is 4. The van der Waals surface area contributed by atoms with Crippen LogP contribution in [0.2, 0.25) is 0 Å². The van der Waals surface area contributed by atoms with Crippen LogP contribution in [0.25, 0.3) is 0 Å². The van der Waals surface area contributed by atoms with Crippen molar-refractivity contribution < 1.29 is 31.9 Å². The zero-order valence-electron chi connectivity index (χ0n) is 8.26. The van der Waals surface area contributed by atoms with Crippen molar-refractivity contribution >= 4 is 5.97 Å². The van der Waals surface area contributed by atoms with Crippen LogP contribution in [0.4, 0.5) is 22.0 Å². The zero-order valence-corrected chi connectivity index (χ0v) is 8.26. The molecule has 2 nitrogen and oxygen atoms in total. The number of halogens is 5. The van der Waals surface area contributed by atoms with Gasteiger partial charge in [-0.3, -0.25) is 4.79 Å². The first-order valence-corrected chi connectivity index (χ1v) is 4.47. The summed E-state index contributed by atoms with van der Waals surface area (Å²) in [5.41, 5.74) is -0.846. The Morgan fingerprint density at radius 1 is 1.12 bits per heavy atom. The standard InChI is InChI=1S/C10H7F5O2/c11-6-3-8(13)7(12)1-4(6)5(10(14)15)2-9(16)17/h1,3,5,10H,2H2,(H,16,17). The highest BCUT2D eigenvalue weighted by Gasteiger charge is 2.29. The van der Waals surface area contributed by atoms with Crippen molar-refractivity contribution in [3.63, 3.8) is 0 Å². The predicted molar refractivity (Wildman–Crippen MR) is 47.3 cm³/mol. The van der Waals surface area contributed by atoms with Gasteiger partial charge in [-0.2, -0.15) is 0 Å². The van der Waals surface area contributed by atoms with Crippen LogP contribution in [-0.4, -0.2) is 17.5 Å². The van der Waals surface area contributed by atoms with E-state index in [-0.39, 0.29) is 12.1 Å². The second-order valence-electron chi connectivity index (χ2n) is 3.33. The van der Waals surface area contributed by atoms with Gasteiger partial charge in [-0.1, -0.05) is 0 Å². The molecule has 0 bridgehead atoms. The molecule has 7 heteroatoms. The van der Waals surface area contributed by atoms with Crippen LogP contribution in [0.1, 0.15) is 17.9 Å². The van der Waals surface area contributed by atoms with Gasteiger partial charge in [-0.05, 0) is 6.07 Å². The molecule has 94 valence electrons. The highest BCUT2D eigenvalue weighted by Crippen LogP contribution is 2.30. The lowest BCUT2D eigenvalue weighted by Gasteiger charge is -2.15. The van der Waals surface area contributed by atoms with Crippen molar-refractivity contribution in [2.75, 3.05) is 0 Å². The highest BCUT2D eigenvalue weighted by molar-refractivity contribution is 5.68. The van der Waals surface area contributed by atoms with E-state index in [1.165, 1.54) is 0 Å². The summed E-state index contributed by atoms with van der Waals surface area (Å²) in [6.45, 7) is 0. The number of aliphatic carboxylic acids is 1. The molecule has 0 amide bonds. The van der Waals surface area contributed by atoms with Gasteiger partial charge < -0.3 is 5.11 Å². The average molecular weight is 254 g/mol. The first kappa shape index (κ1) is 13.4. The fourth-order valence-electron chi connectivity index (χ4n) is 1.35. The molecule has 0 aliphatic carbocycles. The molecule has 0 spiro atoms. The molecule has 0 fully saturated rings.